The fraction of sp³-hybridized carbons (Fsp3) is 0.300. The van der Waals surface area contributed by atoms with Gasteiger partial charge in [0, 0.05) is 19.0 Å². The summed E-state index contributed by atoms with van der Waals surface area (Å²) in [6.07, 6.45) is 7.89. The maximum Gasteiger partial charge on any atom is 0.0679 e. The minimum absolute atomic E-state index is 1.04. The van der Waals surface area contributed by atoms with Crippen molar-refractivity contribution < 1.29 is 0 Å². The number of aliphatic imine (C=N–C) groups is 1. The minimum Gasteiger partial charge on any atom is -0.388 e. The van der Waals surface area contributed by atoms with Gasteiger partial charge in [-0.2, -0.15) is 0 Å². The van der Waals surface area contributed by atoms with Gasteiger partial charge in [0.1, 0.15) is 0 Å². The van der Waals surface area contributed by atoms with Crippen LogP contribution in [0.2, 0.25) is 0 Å². The predicted octanol–water partition coefficient (Wildman–Crippen LogP) is 2.02. The van der Waals surface area contributed by atoms with Crippen LogP contribution in [0.25, 0.3) is 0 Å². The van der Waals surface area contributed by atoms with Gasteiger partial charge in [-0.15, -0.1) is 0 Å². The molecule has 1 aliphatic heterocycles. The van der Waals surface area contributed by atoms with E-state index in [1.54, 1.807) is 0 Å². The number of likely N-dealkylation sites (N-methyl/N-ethyl adjacent to an activating group) is 1. The van der Waals surface area contributed by atoms with Crippen LogP contribution in [0.5, 0.6) is 0 Å². The highest BCUT2D eigenvalue weighted by Crippen LogP contribution is 2.16. The van der Waals surface area contributed by atoms with Crippen molar-refractivity contribution in [2.24, 2.45) is 4.99 Å². The molecule has 0 fully saturated rings. The normalized spacial score (nSPS) is 20.1. The quantitative estimate of drug-likeness (QED) is 0.660. The van der Waals surface area contributed by atoms with E-state index >= 15 is 0 Å². The fourth-order valence-electron chi connectivity index (χ4n) is 1.01. The van der Waals surface area contributed by atoms with Crippen molar-refractivity contribution in [2.45, 2.75) is 13.8 Å². The molecular formula is C10H14N2. The summed E-state index contributed by atoms with van der Waals surface area (Å²) < 4.78 is 0. The largest absolute Gasteiger partial charge is 0.388 e. The van der Waals surface area contributed by atoms with Crippen LogP contribution in [0.15, 0.2) is 40.2 Å². The lowest BCUT2D eigenvalue weighted by atomic mass is 10.2. The van der Waals surface area contributed by atoms with Crippen molar-refractivity contribution in [3.8, 4) is 0 Å². The summed E-state index contributed by atoms with van der Waals surface area (Å²) >= 11 is 0. The van der Waals surface area contributed by atoms with E-state index in [-0.39, 0.29) is 0 Å². The third-order valence-corrected chi connectivity index (χ3v) is 1.83. The lowest BCUT2D eigenvalue weighted by molar-refractivity contribution is 1.02. The molecule has 0 bridgehead atoms. The molecule has 1 aliphatic rings. The molecule has 0 aromatic rings. The Bertz CT molecular complexity index is 280. The second kappa shape index (κ2) is 3.90. The van der Waals surface area contributed by atoms with Crippen LogP contribution in [0, 0.1) is 0 Å². The van der Waals surface area contributed by atoms with Gasteiger partial charge >= 0.3 is 0 Å². The zero-order valence-corrected chi connectivity index (χ0v) is 7.76. The molecule has 1 rings (SSSR count). The van der Waals surface area contributed by atoms with Gasteiger partial charge in [0.05, 0.1) is 5.70 Å². The average Bonchev–Trinajstić information content (AvgIpc) is 2.47. The van der Waals surface area contributed by atoms with Crippen molar-refractivity contribution in [3.05, 3.63) is 35.2 Å². The van der Waals surface area contributed by atoms with E-state index in [0.717, 1.165) is 11.4 Å². The number of nitrogens with one attached hydrogen (secondary N) is 1. The van der Waals surface area contributed by atoms with Gasteiger partial charge in [-0.3, -0.25) is 4.99 Å². The molecule has 0 unspecified atom stereocenters. The summed E-state index contributed by atoms with van der Waals surface area (Å²) in [6, 6.07) is 0. The lowest BCUT2D eigenvalue weighted by Crippen LogP contribution is -2.02. The van der Waals surface area contributed by atoms with Gasteiger partial charge in [0.25, 0.3) is 0 Å². The Kier molecular flexibility index (Phi) is 2.86. The second-order valence-corrected chi connectivity index (χ2v) is 2.65. The van der Waals surface area contributed by atoms with Gasteiger partial charge in [-0.1, -0.05) is 6.08 Å². The SMILES string of the molecule is C/C=C(\C=C1/N=CC=C1C)NC. The highest BCUT2D eigenvalue weighted by atomic mass is 14.8. The van der Waals surface area contributed by atoms with E-state index in [0.29, 0.717) is 0 Å². The molecule has 1 N–H and O–H groups in total. The topological polar surface area (TPSA) is 24.4 Å². The summed E-state index contributed by atoms with van der Waals surface area (Å²) in [7, 11) is 1.91. The standard InChI is InChI=1S/C10H14N2/c1-4-9(11-3)7-10-8(2)5-6-12-10/h4-7,11H,1-3H3/b9-4+,10-7-. The van der Waals surface area contributed by atoms with Crippen molar-refractivity contribution in [1.82, 2.24) is 5.32 Å². The van der Waals surface area contributed by atoms with Gasteiger partial charge in [-0.25, -0.2) is 0 Å². The summed E-state index contributed by atoms with van der Waals surface area (Å²) in [5.74, 6) is 0. The molecule has 2 nitrogen and oxygen atoms in total. The van der Waals surface area contributed by atoms with Crippen LogP contribution >= 0.6 is 0 Å². The van der Waals surface area contributed by atoms with Crippen LogP contribution in [-0.2, 0) is 0 Å². The molecule has 0 aliphatic carbocycles. The monoisotopic (exact) mass is 162 g/mol. The molecule has 0 spiro atoms. The fourth-order valence-corrected chi connectivity index (χ4v) is 1.01. The molecule has 0 saturated carbocycles. The van der Waals surface area contributed by atoms with E-state index in [4.69, 9.17) is 0 Å². The van der Waals surface area contributed by atoms with E-state index in [1.807, 2.05) is 38.4 Å². The smallest absolute Gasteiger partial charge is 0.0679 e. The van der Waals surface area contributed by atoms with Gasteiger partial charge in [0.15, 0.2) is 0 Å². The molecule has 0 aromatic carbocycles. The molecule has 2 heteroatoms. The van der Waals surface area contributed by atoms with Crippen molar-refractivity contribution in [2.75, 3.05) is 7.05 Å². The molecule has 0 saturated heterocycles. The Morgan fingerprint density at radius 1 is 1.58 bits per heavy atom. The molecule has 0 amide bonds. The number of hydrogen-bond acceptors (Lipinski definition) is 2. The number of hydrogen-bond donors (Lipinski definition) is 1. The number of allylic oxidation sites excluding steroid dienone is 4. The Morgan fingerprint density at radius 2 is 2.33 bits per heavy atom. The van der Waals surface area contributed by atoms with Crippen molar-refractivity contribution in [1.29, 1.82) is 0 Å². The average molecular weight is 162 g/mol. The van der Waals surface area contributed by atoms with Crippen LogP contribution in [0.4, 0.5) is 0 Å². The molecule has 64 valence electrons. The summed E-state index contributed by atoms with van der Waals surface area (Å²) in [4.78, 5) is 4.22. The molecule has 0 aromatic heterocycles. The summed E-state index contributed by atoms with van der Waals surface area (Å²) in [5, 5.41) is 3.08. The van der Waals surface area contributed by atoms with Gasteiger partial charge < -0.3 is 5.32 Å². The first-order valence-electron chi connectivity index (χ1n) is 4.05. The van der Waals surface area contributed by atoms with Crippen LogP contribution in [-0.4, -0.2) is 13.3 Å². The first kappa shape index (κ1) is 8.78. The Morgan fingerprint density at radius 3 is 2.75 bits per heavy atom. The van der Waals surface area contributed by atoms with Gasteiger partial charge in [0.2, 0.25) is 0 Å². The lowest BCUT2D eigenvalue weighted by Gasteiger charge is -2.01. The van der Waals surface area contributed by atoms with E-state index in [9.17, 15) is 0 Å². The second-order valence-electron chi connectivity index (χ2n) is 2.65. The maximum absolute atomic E-state index is 4.22. The van der Waals surface area contributed by atoms with Crippen LogP contribution in [0.3, 0.4) is 0 Å². The van der Waals surface area contributed by atoms with Crippen LogP contribution < -0.4 is 5.32 Å². The molecule has 0 radical (unpaired) electrons. The molecule has 12 heavy (non-hydrogen) atoms. The first-order valence-corrected chi connectivity index (χ1v) is 4.05. The number of nitrogens with zero attached hydrogens (tertiary/aromatic N) is 1. The molecule has 0 atom stereocenters. The van der Waals surface area contributed by atoms with E-state index in [1.165, 1.54) is 5.57 Å². The Hall–Kier alpha value is -1.31. The zero-order valence-electron chi connectivity index (χ0n) is 7.76. The van der Waals surface area contributed by atoms with Crippen molar-refractivity contribution in [3.63, 3.8) is 0 Å². The minimum atomic E-state index is 1.04. The third-order valence-electron chi connectivity index (χ3n) is 1.83. The van der Waals surface area contributed by atoms with E-state index < -0.39 is 0 Å². The van der Waals surface area contributed by atoms with Crippen LogP contribution in [0.1, 0.15) is 13.8 Å². The molecule has 1 heterocycles. The maximum atomic E-state index is 4.22. The Labute approximate surface area is 73.4 Å². The third kappa shape index (κ3) is 1.84. The Balaban J connectivity index is 2.82. The summed E-state index contributed by atoms with van der Waals surface area (Å²) in [6.45, 7) is 4.06. The zero-order chi connectivity index (χ0) is 8.97. The van der Waals surface area contributed by atoms with Crippen molar-refractivity contribution >= 4 is 6.21 Å². The van der Waals surface area contributed by atoms with Gasteiger partial charge in [-0.05, 0) is 31.6 Å². The highest BCUT2D eigenvalue weighted by Gasteiger charge is 2.01. The highest BCUT2D eigenvalue weighted by molar-refractivity contribution is 5.79. The number of rotatable bonds is 2. The molecular weight excluding hydrogens is 148 g/mol. The first-order chi connectivity index (χ1) is 5.77. The van der Waals surface area contributed by atoms with E-state index in [2.05, 4.69) is 17.2 Å². The summed E-state index contributed by atoms with van der Waals surface area (Å²) in [5.41, 5.74) is 3.35. The predicted molar refractivity (Wildman–Crippen MR) is 53.1 cm³/mol.